The number of hydrogen-bond acceptors (Lipinski definition) is 3. The predicted molar refractivity (Wildman–Crippen MR) is 62.6 cm³/mol. The van der Waals surface area contributed by atoms with Gasteiger partial charge in [-0.2, -0.15) is 0 Å². The van der Waals surface area contributed by atoms with E-state index in [-0.39, 0.29) is 0 Å². The van der Waals surface area contributed by atoms with Crippen molar-refractivity contribution in [3.63, 3.8) is 0 Å². The molecule has 0 radical (unpaired) electrons. The summed E-state index contributed by atoms with van der Waals surface area (Å²) in [6.45, 7) is 1.96. The van der Waals surface area contributed by atoms with Crippen LogP contribution >= 0.6 is 22.9 Å². The average molecular weight is 229 g/mol. The summed E-state index contributed by atoms with van der Waals surface area (Å²) in [7, 11) is 0. The van der Waals surface area contributed by atoms with Crippen molar-refractivity contribution in [3.05, 3.63) is 21.3 Å². The highest BCUT2D eigenvalue weighted by molar-refractivity contribution is 7.16. The molecule has 0 aromatic carbocycles. The molecule has 0 fully saturated rings. The number of hydrogen-bond donors (Lipinski definition) is 1. The van der Waals surface area contributed by atoms with Gasteiger partial charge in [-0.1, -0.05) is 11.6 Å². The van der Waals surface area contributed by atoms with Gasteiger partial charge in [-0.15, -0.1) is 11.3 Å². The van der Waals surface area contributed by atoms with E-state index in [4.69, 9.17) is 11.6 Å². The highest BCUT2D eigenvalue weighted by Gasteiger charge is 2.05. The minimum Gasteiger partial charge on any atom is -0.373 e. The van der Waals surface area contributed by atoms with E-state index < -0.39 is 0 Å². The molecule has 0 aliphatic carbocycles. The standard InChI is InChI=1S/C10H13ClN2S/c11-9-4-3-8(14-9)5-7-13-10-2-1-6-12-10/h3-4H,1-2,5-7H2,(H,12,13). The topological polar surface area (TPSA) is 24.4 Å². The summed E-state index contributed by atoms with van der Waals surface area (Å²) >= 11 is 7.50. The van der Waals surface area contributed by atoms with Crippen LogP contribution in [0.25, 0.3) is 0 Å². The maximum Gasteiger partial charge on any atom is 0.0963 e. The van der Waals surface area contributed by atoms with Gasteiger partial charge < -0.3 is 5.32 Å². The molecule has 0 spiro atoms. The van der Waals surface area contributed by atoms with Crippen LogP contribution in [-0.4, -0.2) is 18.9 Å². The summed E-state index contributed by atoms with van der Waals surface area (Å²) in [5.74, 6) is 1.17. The normalized spacial score (nSPS) is 15.6. The first-order valence-electron chi connectivity index (χ1n) is 4.86. The third kappa shape index (κ3) is 2.72. The molecular weight excluding hydrogens is 216 g/mol. The second-order valence-electron chi connectivity index (χ2n) is 3.31. The van der Waals surface area contributed by atoms with E-state index in [1.54, 1.807) is 11.3 Å². The van der Waals surface area contributed by atoms with Crippen LogP contribution in [0.5, 0.6) is 0 Å². The molecular formula is C10H13ClN2S. The molecule has 76 valence electrons. The lowest BCUT2D eigenvalue weighted by molar-refractivity contribution is 0.861. The molecule has 4 heteroatoms. The zero-order chi connectivity index (χ0) is 9.80. The van der Waals surface area contributed by atoms with Crippen LogP contribution in [0.1, 0.15) is 17.7 Å². The van der Waals surface area contributed by atoms with Gasteiger partial charge in [0.2, 0.25) is 0 Å². The van der Waals surface area contributed by atoms with Crippen LogP contribution in [0, 0.1) is 0 Å². The Kier molecular flexibility index (Phi) is 3.43. The molecule has 2 rings (SSSR count). The van der Waals surface area contributed by atoms with E-state index in [0.29, 0.717) is 0 Å². The molecule has 0 atom stereocenters. The van der Waals surface area contributed by atoms with Crippen LogP contribution in [0.4, 0.5) is 0 Å². The van der Waals surface area contributed by atoms with Crippen molar-refractivity contribution < 1.29 is 0 Å². The maximum absolute atomic E-state index is 5.84. The summed E-state index contributed by atoms with van der Waals surface area (Å²) < 4.78 is 0.873. The van der Waals surface area contributed by atoms with Gasteiger partial charge >= 0.3 is 0 Å². The van der Waals surface area contributed by atoms with Gasteiger partial charge in [0.15, 0.2) is 0 Å². The minimum absolute atomic E-state index is 0.873. The van der Waals surface area contributed by atoms with E-state index in [0.717, 1.165) is 30.3 Å². The SMILES string of the molecule is Clc1ccc(CCNC2=NCCC2)s1. The van der Waals surface area contributed by atoms with Gasteiger partial charge in [-0.25, -0.2) is 0 Å². The fourth-order valence-electron chi connectivity index (χ4n) is 1.50. The Morgan fingerprint density at radius 1 is 1.50 bits per heavy atom. The quantitative estimate of drug-likeness (QED) is 0.846. The maximum atomic E-state index is 5.84. The fraction of sp³-hybridized carbons (Fsp3) is 0.500. The first-order chi connectivity index (χ1) is 6.84. The van der Waals surface area contributed by atoms with E-state index >= 15 is 0 Å². The molecule has 1 aromatic heterocycles. The largest absolute Gasteiger partial charge is 0.373 e. The van der Waals surface area contributed by atoms with Crippen molar-refractivity contribution in [2.24, 2.45) is 4.99 Å². The lowest BCUT2D eigenvalue weighted by Crippen LogP contribution is -2.23. The Hall–Kier alpha value is -0.540. The van der Waals surface area contributed by atoms with E-state index in [2.05, 4.69) is 16.4 Å². The number of amidine groups is 1. The van der Waals surface area contributed by atoms with Crippen molar-refractivity contribution in [1.82, 2.24) is 5.32 Å². The van der Waals surface area contributed by atoms with Gasteiger partial charge in [-0.3, -0.25) is 4.99 Å². The smallest absolute Gasteiger partial charge is 0.0963 e. The Labute approximate surface area is 93.0 Å². The zero-order valence-corrected chi connectivity index (χ0v) is 9.50. The lowest BCUT2D eigenvalue weighted by atomic mass is 10.3. The molecule has 1 aliphatic heterocycles. The van der Waals surface area contributed by atoms with E-state index in [1.165, 1.54) is 17.1 Å². The van der Waals surface area contributed by atoms with Gasteiger partial charge in [0, 0.05) is 24.4 Å². The molecule has 0 saturated heterocycles. The molecule has 0 bridgehead atoms. The summed E-state index contributed by atoms with van der Waals surface area (Å²) in [5, 5.41) is 3.35. The van der Waals surface area contributed by atoms with Crippen molar-refractivity contribution in [1.29, 1.82) is 0 Å². The summed E-state index contributed by atoms with van der Waals surface area (Å²) in [6, 6.07) is 4.04. The van der Waals surface area contributed by atoms with Crippen molar-refractivity contribution in [2.45, 2.75) is 19.3 Å². The van der Waals surface area contributed by atoms with E-state index in [9.17, 15) is 0 Å². The predicted octanol–water partition coefficient (Wildman–Crippen LogP) is 2.73. The molecule has 2 nitrogen and oxygen atoms in total. The van der Waals surface area contributed by atoms with Crippen molar-refractivity contribution in [2.75, 3.05) is 13.1 Å². The number of halogens is 1. The van der Waals surface area contributed by atoms with Gasteiger partial charge in [0.1, 0.15) is 0 Å². The van der Waals surface area contributed by atoms with Crippen LogP contribution in [0.15, 0.2) is 17.1 Å². The second kappa shape index (κ2) is 4.80. The molecule has 1 N–H and O–H groups in total. The van der Waals surface area contributed by atoms with Gasteiger partial charge in [0.05, 0.1) is 10.2 Å². The van der Waals surface area contributed by atoms with Crippen molar-refractivity contribution in [3.8, 4) is 0 Å². The van der Waals surface area contributed by atoms with Crippen LogP contribution in [-0.2, 0) is 6.42 Å². The average Bonchev–Trinajstić information content (AvgIpc) is 2.77. The number of thiophene rings is 1. The Bertz CT molecular complexity index is 333. The van der Waals surface area contributed by atoms with Crippen molar-refractivity contribution >= 4 is 28.8 Å². The number of nitrogens with one attached hydrogen (secondary N) is 1. The highest BCUT2D eigenvalue weighted by atomic mass is 35.5. The molecule has 0 saturated carbocycles. The Morgan fingerprint density at radius 3 is 3.07 bits per heavy atom. The van der Waals surface area contributed by atoms with Crippen LogP contribution < -0.4 is 5.32 Å². The minimum atomic E-state index is 0.873. The van der Waals surface area contributed by atoms with Gasteiger partial charge in [0.25, 0.3) is 0 Å². The third-order valence-corrected chi connectivity index (χ3v) is 3.49. The van der Waals surface area contributed by atoms with Crippen LogP contribution in [0.3, 0.4) is 0 Å². The fourth-order valence-corrected chi connectivity index (χ4v) is 2.59. The first-order valence-corrected chi connectivity index (χ1v) is 6.05. The van der Waals surface area contributed by atoms with Crippen LogP contribution in [0.2, 0.25) is 4.34 Å². The summed E-state index contributed by atoms with van der Waals surface area (Å²) in [5.41, 5.74) is 0. The Morgan fingerprint density at radius 2 is 2.43 bits per heavy atom. The third-order valence-electron chi connectivity index (χ3n) is 2.20. The second-order valence-corrected chi connectivity index (χ2v) is 5.11. The number of nitrogens with zero attached hydrogens (tertiary/aromatic N) is 1. The van der Waals surface area contributed by atoms with E-state index in [1.807, 2.05) is 6.07 Å². The molecule has 0 amide bonds. The highest BCUT2D eigenvalue weighted by Crippen LogP contribution is 2.21. The Balaban J connectivity index is 1.72. The van der Waals surface area contributed by atoms with Gasteiger partial charge in [-0.05, 0) is 25.0 Å². The molecule has 2 heterocycles. The number of rotatable bonds is 3. The molecule has 0 unspecified atom stereocenters. The summed E-state index contributed by atoms with van der Waals surface area (Å²) in [4.78, 5) is 5.69. The monoisotopic (exact) mass is 228 g/mol. The molecule has 14 heavy (non-hydrogen) atoms. The lowest BCUT2D eigenvalue weighted by Gasteiger charge is -2.03. The molecule has 1 aliphatic rings. The molecule has 1 aromatic rings. The number of aliphatic imine (C=N–C) groups is 1. The first kappa shape index (κ1) is 9.99. The zero-order valence-electron chi connectivity index (χ0n) is 7.92. The summed E-state index contributed by atoms with van der Waals surface area (Å²) in [6.07, 6.45) is 3.36.